The van der Waals surface area contributed by atoms with Crippen LogP contribution in [0.15, 0.2) is 0 Å². The van der Waals surface area contributed by atoms with E-state index in [0.29, 0.717) is 0 Å². The van der Waals surface area contributed by atoms with Crippen LogP contribution in [0.1, 0.15) is 26.2 Å². The summed E-state index contributed by atoms with van der Waals surface area (Å²) in [5.74, 6) is 0. The van der Waals surface area contributed by atoms with Crippen LogP contribution in [0.25, 0.3) is 0 Å². The number of quaternary nitrogens is 1. The van der Waals surface area contributed by atoms with E-state index in [-0.39, 0.29) is 0 Å². The molecule has 0 spiro atoms. The first-order valence-corrected chi connectivity index (χ1v) is 5.33. The van der Waals surface area contributed by atoms with Gasteiger partial charge in [0.05, 0.1) is 27.2 Å². The van der Waals surface area contributed by atoms with Crippen LogP contribution < -0.4 is 0 Å². The maximum atomic E-state index is 2.30. The van der Waals surface area contributed by atoms with Gasteiger partial charge < -0.3 is 9.38 Å². The van der Waals surface area contributed by atoms with Gasteiger partial charge in [0.25, 0.3) is 0 Å². The van der Waals surface area contributed by atoms with Gasteiger partial charge in [0.15, 0.2) is 0 Å². The van der Waals surface area contributed by atoms with Gasteiger partial charge >= 0.3 is 0 Å². The second-order valence-electron chi connectivity index (χ2n) is 5.15. The molecule has 0 rings (SSSR count). The maximum absolute atomic E-state index is 2.30. The van der Waals surface area contributed by atoms with Crippen LogP contribution in [0.2, 0.25) is 0 Å². The van der Waals surface area contributed by atoms with E-state index in [4.69, 9.17) is 0 Å². The summed E-state index contributed by atoms with van der Waals surface area (Å²) >= 11 is 0. The topological polar surface area (TPSA) is 3.24 Å². The van der Waals surface area contributed by atoms with Gasteiger partial charge in [-0.15, -0.1) is 0 Å². The zero-order valence-electron chi connectivity index (χ0n) is 10.3. The molecule has 13 heavy (non-hydrogen) atoms. The number of rotatable bonds is 6. The van der Waals surface area contributed by atoms with E-state index in [2.05, 4.69) is 47.1 Å². The second-order valence-corrected chi connectivity index (χ2v) is 5.15. The highest BCUT2D eigenvalue weighted by molar-refractivity contribution is 4.59. The molecule has 0 heterocycles. The fraction of sp³-hybridized carbons (Fsp3) is 1.00. The van der Waals surface area contributed by atoms with Crippen LogP contribution in [0.5, 0.6) is 0 Å². The molecule has 1 atom stereocenters. The van der Waals surface area contributed by atoms with Crippen molar-refractivity contribution in [3.05, 3.63) is 0 Å². The summed E-state index contributed by atoms with van der Waals surface area (Å²) in [4.78, 5) is 2.28. The van der Waals surface area contributed by atoms with Crippen molar-refractivity contribution < 1.29 is 4.48 Å². The summed E-state index contributed by atoms with van der Waals surface area (Å²) in [6.45, 7) is 3.48. The molecule has 1 unspecified atom stereocenters. The zero-order valence-corrected chi connectivity index (χ0v) is 10.3. The van der Waals surface area contributed by atoms with E-state index in [1.807, 2.05) is 0 Å². The fourth-order valence-electron chi connectivity index (χ4n) is 1.66. The van der Waals surface area contributed by atoms with E-state index in [1.54, 1.807) is 0 Å². The molecule has 0 bridgehead atoms. The Labute approximate surface area is 84.1 Å². The van der Waals surface area contributed by atoms with Crippen LogP contribution >= 0.6 is 0 Å². The average Bonchev–Trinajstić information content (AvgIpc) is 1.95. The minimum atomic E-state index is 0.812. The van der Waals surface area contributed by atoms with Crippen LogP contribution in [0.4, 0.5) is 0 Å². The highest BCUT2D eigenvalue weighted by Crippen LogP contribution is 2.13. The molecule has 0 N–H and O–H groups in total. The molecule has 0 amide bonds. The lowest BCUT2D eigenvalue weighted by molar-refractivity contribution is -0.896. The number of hydrogen-bond acceptors (Lipinski definition) is 1. The Bertz CT molecular complexity index is 125. The highest BCUT2D eigenvalue weighted by Gasteiger charge is 2.22. The Hall–Kier alpha value is -0.0800. The van der Waals surface area contributed by atoms with Gasteiger partial charge in [-0.2, -0.15) is 0 Å². The molecule has 2 nitrogen and oxygen atoms in total. The van der Waals surface area contributed by atoms with Crippen LogP contribution in [0, 0.1) is 0 Å². The predicted octanol–water partition coefficient (Wildman–Crippen LogP) is 1.81. The van der Waals surface area contributed by atoms with Gasteiger partial charge in [-0.25, -0.2) is 0 Å². The standard InChI is InChI=1S/C11H27N2/c1-7-8-11(13(4,5)6)9-10-12(2)3/h11H,7-10H2,1-6H3/q+1. The molecule has 0 saturated carbocycles. The lowest BCUT2D eigenvalue weighted by Crippen LogP contribution is -2.46. The first-order chi connectivity index (χ1) is 5.88. The molecular formula is C11H27N2+. The van der Waals surface area contributed by atoms with Gasteiger partial charge in [0.2, 0.25) is 0 Å². The molecule has 0 fully saturated rings. The summed E-state index contributed by atoms with van der Waals surface area (Å²) in [6.07, 6.45) is 3.95. The third kappa shape index (κ3) is 6.05. The van der Waals surface area contributed by atoms with Crippen molar-refractivity contribution in [3.8, 4) is 0 Å². The van der Waals surface area contributed by atoms with E-state index in [9.17, 15) is 0 Å². The number of hydrogen-bond donors (Lipinski definition) is 0. The van der Waals surface area contributed by atoms with Gasteiger partial charge in [0.1, 0.15) is 0 Å². The molecule has 2 heteroatoms. The average molecular weight is 187 g/mol. The first-order valence-electron chi connectivity index (χ1n) is 5.33. The van der Waals surface area contributed by atoms with E-state index < -0.39 is 0 Å². The maximum Gasteiger partial charge on any atom is 0.0896 e. The third-order valence-electron chi connectivity index (χ3n) is 2.63. The molecule has 0 radical (unpaired) electrons. The molecule has 0 aromatic rings. The van der Waals surface area contributed by atoms with E-state index >= 15 is 0 Å². The van der Waals surface area contributed by atoms with Gasteiger partial charge in [-0.3, -0.25) is 0 Å². The van der Waals surface area contributed by atoms with Gasteiger partial charge in [-0.1, -0.05) is 13.3 Å². The Morgan fingerprint density at radius 3 is 1.92 bits per heavy atom. The Kier molecular flexibility index (Phi) is 5.57. The molecule has 0 aliphatic rings. The van der Waals surface area contributed by atoms with Crippen LogP contribution in [-0.4, -0.2) is 57.2 Å². The lowest BCUT2D eigenvalue weighted by Gasteiger charge is -2.34. The zero-order chi connectivity index (χ0) is 10.5. The molecular weight excluding hydrogens is 160 g/mol. The largest absolute Gasteiger partial charge is 0.328 e. The van der Waals surface area contributed by atoms with Gasteiger partial charge in [-0.05, 0) is 20.5 Å². The van der Waals surface area contributed by atoms with Crippen molar-refractivity contribution in [1.29, 1.82) is 0 Å². The molecule has 0 aliphatic carbocycles. The summed E-state index contributed by atoms with van der Waals surface area (Å²) in [7, 11) is 11.2. The minimum Gasteiger partial charge on any atom is -0.328 e. The van der Waals surface area contributed by atoms with Crippen LogP contribution in [0.3, 0.4) is 0 Å². The van der Waals surface area contributed by atoms with Crippen molar-refractivity contribution in [2.75, 3.05) is 41.8 Å². The molecule has 0 aromatic heterocycles. The van der Waals surface area contributed by atoms with Crippen LogP contribution in [-0.2, 0) is 0 Å². The number of nitrogens with zero attached hydrogens (tertiary/aromatic N) is 2. The summed E-state index contributed by atoms with van der Waals surface area (Å²) in [5, 5.41) is 0. The quantitative estimate of drug-likeness (QED) is 0.573. The highest BCUT2D eigenvalue weighted by atomic mass is 15.3. The smallest absolute Gasteiger partial charge is 0.0896 e. The Balaban J connectivity index is 3.95. The Morgan fingerprint density at radius 2 is 1.62 bits per heavy atom. The summed E-state index contributed by atoms with van der Waals surface area (Å²) in [6, 6.07) is 0.812. The Morgan fingerprint density at radius 1 is 1.08 bits per heavy atom. The monoisotopic (exact) mass is 187 g/mol. The first kappa shape index (κ1) is 12.9. The summed E-state index contributed by atoms with van der Waals surface area (Å²) < 4.78 is 1.10. The normalized spacial score (nSPS) is 15.0. The minimum absolute atomic E-state index is 0.812. The van der Waals surface area contributed by atoms with E-state index in [1.165, 1.54) is 25.8 Å². The predicted molar refractivity (Wildman–Crippen MR) is 59.9 cm³/mol. The van der Waals surface area contributed by atoms with Crippen molar-refractivity contribution in [2.24, 2.45) is 0 Å². The summed E-state index contributed by atoms with van der Waals surface area (Å²) in [5.41, 5.74) is 0. The van der Waals surface area contributed by atoms with Crippen molar-refractivity contribution in [1.82, 2.24) is 4.90 Å². The lowest BCUT2D eigenvalue weighted by atomic mass is 10.1. The van der Waals surface area contributed by atoms with Crippen molar-refractivity contribution in [3.63, 3.8) is 0 Å². The van der Waals surface area contributed by atoms with Gasteiger partial charge in [0, 0.05) is 13.0 Å². The molecule has 80 valence electrons. The third-order valence-corrected chi connectivity index (χ3v) is 2.63. The second kappa shape index (κ2) is 5.61. The fourth-order valence-corrected chi connectivity index (χ4v) is 1.66. The molecule has 0 saturated heterocycles. The van der Waals surface area contributed by atoms with Crippen molar-refractivity contribution >= 4 is 0 Å². The van der Waals surface area contributed by atoms with Crippen molar-refractivity contribution in [2.45, 2.75) is 32.2 Å². The SMILES string of the molecule is CCCC(CCN(C)C)[N+](C)(C)C. The molecule has 0 aromatic carbocycles. The molecule has 0 aliphatic heterocycles. The van der Waals surface area contributed by atoms with E-state index in [0.717, 1.165) is 10.5 Å².